The van der Waals surface area contributed by atoms with E-state index in [9.17, 15) is 0 Å². The van der Waals surface area contributed by atoms with Gasteiger partial charge in [0.05, 0.1) is 18.0 Å². The summed E-state index contributed by atoms with van der Waals surface area (Å²) in [6.45, 7) is 7.14. The molecule has 120 valence electrons. The van der Waals surface area contributed by atoms with Crippen LogP contribution in [-0.4, -0.2) is 13.1 Å². The minimum atomic E-state index is -1.69. The summed E-state index contributed by atoms with van der Waals surface area (Å²) in [5.74, 6) is 0. The van der Waals surface area contributed by atoms with Crippen LogP contribution in [0.1, 0.15) is 5.56 Å². The molecular formula is C20H21N2SSi+. The fourth-order valence-electron chi connectivity index (χ4n) is 3.59. The van der Waals surface area contributed by atoms with Gasteiger partial charge in [0.1, 0.15) is 15.1 Å². The van der Waals surface area contributed by atoms with E-state index in [0.29, 0.717) is 0 Å². The van der Waals surface area contributed by atoms with Crippen LogP contribution < -0.4 is 14.9 Å². The molecule has 0 bridgehead atoms. The van der Waals surface area contributed by atoms with Gasteiger partial charge in [-0.15, -0.1) is 0 Å². The maximum absolute atomic E-state index is 4.37. The third-order valence-electron chi connectivity index (χ3n) is 5.02. The van der Waals surface area contributed by atoms with E-state index in [1.165, 1.54) is 31.8 Å². The Morgan fingerprint density at radius 2 is 1.83 bits per heavy atom. The molecule has 2 aromatic carbocycles. The number of rotatable bonds is 1. The SMILES string of the molecule is Cc1ccc2c(c1-c1cncc[n+]1C)Sc1ccccc1[Si]2(C)C. The summed E-state index contributed by atoms with van der Waals surface area (Å²) in [5.41, 5.74) is 3.83. The van der Waals surface area contributed by atoms with Crippen LogP contribution in [0, 0.1) is 6.92 Å². The Hall–Kier alpha value is -1.91. The zero-order chi connectivity index (χ0) is 16.9. The average molecular weight is 350 g/mol. The number of hydrogen-bond acceptors (Lipinski definition) is 2. The molecule has 4 rings (SSSR count). The molecule has 3 aromatic rings. The lowest BCUT2D eigenvalue weighted by molar-refractivity contribution is -0.661. The lowest BCUT2D eigenvalue weighted by atomic mass is 10.1. The fraction of sp³-hybridized carbons (Fsp3) is 0.200. The second-order valence-electron chi connectivity index (χ2n) is 6.93. The van der Waals surface area contributed by atoms with Crippen LogP contribution in [0.15, 0.2) is 64.8 Å². The zero-order valence-electron chi connectivity index (χ0n) is 14.5. The first-order valence-electron chi connectivity index (χ1n) is 8.21. The zero-order valence-corrected chi connectivity index (χ0v) is 16.3. The molecule has 0 unspecified atom stereocenters. The lowest BCUT2D eigenvalue weighted by Crippen LogP contribution is -2.56. The standard InChI is InChI=1S/C20H21N2SSi/c1-14-9-10-18-20(19(14)15-13-21-11-12-22(15)2)23-16-7-5-6-8-17(16)24(18,3)4/h5-13H,1-4H3/q+1. The molecule has 1 aliphatic heterocycles. The molecule has 0 radical (unpaired) electrons. The van der Waals surface area contributed by atoms with E-state index < -0.39 is 8.07 Å². The predicted molar refractivity (Wildman–Crippen MR) is 103 cm³/mol. The van der Waals surface area contributed by atoms with Crippen molar-refractivity contribution in [2.24, 2.45) is 7.05 Å². The minimum absolute atomic E-state index is 1.18. The third-order valence-corrected chi connectivity index (χ3v) is 10.1. The third kappa shape index (κ3) is 2.25. The Morgan fingerprint density at radius 3 is 2.62 bits per heavy atom. The Balaban J connectivity index is 2.03. The van der Waals surface area contributed by atoms with Crippen molar-refractivity contribution < 1.29 is 4.57 Å². The van der Waals surface area contributed by atoms with E-state index in [1.807, 2.05) is 30.4 Å². The van der Waals surface area contributed by atoms with Crippen molar-refractivity contribution in [2.75, 3.05) is 0 Å². The highest BCUT2D eigenvalue weighted by molar-refractivity contribution is 8.00. The normalized spacial score (nSPS) is 14.8. The molecule has 0 N–H and O–H groups in total. The van der Waals surface area contributed by atoms with Crippen molar-refractivity contribution in [1.29, 1.82) is 0 Å². The van der Waals surface area contributed by atoms with Gasteiger partial charge in [0.15, 0.2) is 6.20 Å². The molecule has 24 heavy (non-hydrogen) atoms. The summed E-state index contributed by atoms with van der Waals surface area (Å²) in [6.07, 6.45) is 5.85. The quantitative estimate of drug-likeness (QED) is 0.496. The Morgan fingerprint density at radius 1 is 1.04 bits per heavy atom. The van der Waals surface area contributed by atoms with E-state index >= 15 is 0 Å². The van der Waals surface area contributed by atoms with Gasteiger partial charge in [-0.25, -0.2) is 0 Å². The van der Waals surface area contributed by atoms with E-state index in [-0.39, 0.29) is 0 Å². The second-order valence-corrected chi connectivity index (χ2v) is 12.3. The number of aryl methyl sites for hydroxylation is 2. The first kappa shape index (κ1) is 15.6. The van der Waals surface area contributed by atoms with Crippen molar-refractivity contribution in [1.82, 2.24) is 4.98 Å². The van der Waals surface area contributed by atoms with Crippen LogP contribution >= 0.6 is 11.8 Å². The molecule has 2 heterocycles. The fourth-order valence-corrected chi connectivity index (χ4v) is 9.21. The van der Waals surface area contributed by atoms with Crippen molar-refractivity contribution in [3.63, 3.8) is 0 Å². The number of hydrogen-bond donors (Lipinski definition) is 0. The summed E-state index contributed by atoms with van der Waals surface area (Å²) in [6, 6.07) is 13.6. The number of aromatic nitrogens is 2. The molecule has 0 amide bonds. The summed E-state index contributed by atoms with van der Waals surface area (Å²) < 4.78 is 2.17. The summed E-state index contributed by atoms with van der Waals surface area (Å²) in [4.78, 5) is 7.22. The van der Waals surface area contributed by atoms with Gasteiger partial charge in [-0.05, 0) is 28.9 Å². The van der Waals surface area contributed by atoms with Crippen LogP contribution in [0.3, 0.4) is 0 Å². The van der Waals surface area contributed by atoms with E-state index in [4.69, 9.17) is 0 Å². The van der Waals surface area contributed by atoms with Crippen molar-refractivity contribution in [3.05, 3.63) is 60.6 Å². The predicted octanol–water partition coefficient (Wildman–Crippen LogP) is 3.17. The van der Waals surface area contributed by atoms with E-state index in [2.05, 4.69) is 73.0 Å². The second kappa shape index (κ2) is 5.57. The van der Waals surface area contributed by atoms with Gasteiger partial charge in [0.25, 0.3) is 0 Å². The highest BCUT2D eigenvalue weighted by Gasteiger charge is 2.37. The first-order valence-corrected chi connectivity index (χ1v) is 12.0. The molecule has 4 heteroatoms. The van der Waals surface area contributed by atoms with Gasteiger partial charge < -0.3 is 0 Å². The van der Waals surface area contributed by atoms with Crippen LogP contribution in [0.5, 0.6) is 0 Å². The number of fused-ring (bicyclic) bond motifs is 2. The van der Waals surface area contributed by atoms with Crippen LogP contribution in [0.4, 0.5) is 0 Å². The molecule has 1 aromatic heterocycles. The largest absolute Gasteiger partial charge is 0.252 e. The molecule has 0 fully saturated rings. The molecule has 0 spiro atoms. The van der Waals surface area contributed by atoms with Crippen molar-refractivity contribution >= 4 is 30.2 Å². The Bertz CT molecular complexity index is 950. The smallest absolute Gasteiger partial charge is 0.232 e. The van der Waals surface area contributed by atoms with E-state index in [1.54, 1.807) is 5.19 Å². The van der Waals surface area contributed by atoms with Gasteiger partial charge in [-0.2, -0.15) is 4.57 Å². The summed E-state index contributed by atoms with van der Waals surface area (Å²) >= 11 is 1.92. The Labute approximate surface area is 148 Å². The first-order chi connectivity index (χ1) is 11.5. The molecule has 1 aliphatic rings. The highest BCUT2D eigenvalue weighted by atomic mass is 32.2. The van der Waals surface area contributed by atoms with Gasteiger partial charge in [-0.3, -0.25) is 4.98 Å². The molecule has 0 aliphatic carbocycles. The van der Waals surface area contributed by atoms with Crippen LogP contribution in [-0.2, 0) is 7.05 Å². The van der Waals surface area contributed by atoms with Crippen molar-refractivity contribution in [2.45, 2.75) is 29.8 Å². The van der Waals surface area contributed by atoms with Gasteiger partial charge >= 0.3 is 0 Å². The number of benzene rings is 2. The maximum Gasteiger partial charge on any atom is 0.232 e. The monoisotopic (exact) mass is 349 g/mol. The molecule has 2 nitrogen and oxygen atoms in total. The topological polar surface area (TPSA) is 16.8 Å². The van der Waals surface area contributed by atoms with Gasteiger partial charge in [0.2, 0.25) is 5.69 Å². The summed E-state index contributed by atoms with van der Waals surface area (Å²) in [5, 5.41) is 3.09. The molecule has 0 saturated carbocycles. The van der Waals surface area contributed by atoms with E-state index in [0.717, 1.165) is 0 Å². The Kier molecular flexibility index (Phi) is 3.62. The maximum atomic E-state index is 4.37. The number of nitrogens with zero attached hydrogens (tertiary/aromatic N) is 2. The minimum Gasteiger partial charge on any atom is -0.252 e. The molecular weight excluding hydrogens is 328 g/mol. The summed E-state index contributed by atoms with van der Waals surface area (Å²) in [7, 11) is 0.410. The van der Waals surface area contributed by atoms with Crippen LogP contribution in [0.2, 0.25) is 13.1 Å². The molecule has 0 saturated heterocycles. The lowest BCUT2D eigenvalue weighted by Gasteiger charge is -2.34. The highest BCUT2D eigenvalue weighted by Crippen LogP contribution is 2.39. The van der Waals surface area contributed by atoms with Gasteiger partial charge in [0, 0.05) is 9.79 Å². The average Bonchev–Trinajstić information content (AvgIpc) is 2.56. The molecule has 0 atom stereocenters. The van der Waals surface area contributed by atoms with Crippen molar-refractivity contribution in [3.8, 4) is 11.3 Å². The van der Waals surface area contributed by atoms with Crippen LogP contribution in [0.25, 0.3) is 11.3 Å². The van der Waals surface area contributed by atoms with Gasteiger partial charge in [-0.1, -0.05) is 55.2 Å².